The van der Waals surface area contributed by atoms with E-state index in [0.29, 0.717) is 18.1 Å². The Bertz CT molecular complexity index is 368. The van der Waals surface area contributed by atoms with Crippen molar-refractivity contribution in [3.63, 3.8) is 0 Å². The monoisotopic (exact) mass is 180 g/mol. The number of nitrogens with zero attached hydrogens (tertiary/aromatic N) is 2. The molecule has 1 unspecified atom stereocenters. The molecule has 1 amide bonds. The van der Waals surface area contributed by atoms with Gasteiger partial charge in [-0.05, 0) is 6.42 Å². The fraction of sp³-hybridized carbons (Fsp3) is 0.500. The zero-order valence-electron chi connectivity index (χ0n) is 7.66. The molecular weight excluding hydrogens is 168 g/mol. The molecule has 1 aromatic heterocycles. The molecule has 0 saturated carbocycles. The lowest BCUT2D eigenvalue weighted by atomic mass is 9.98. The maximum Gasteiger partial charge on any atom is 0.228 e. The van der Waals surface area contributed by atoms with Gasteiger partial charge in [-0.2, -0.15) is 5.10 Å². The van der Waals surface area contributed by atoms with Gasteiger partial charge >= 0.3 is 0 Å². The summed E-state index contributed by atoms with van der Waals surface area (Å²) in [5, 5.41) is 6.82. The normalized spacial score (nSPS) is 21.1. The number of aromatic nitrogens is 2. The first-order valence-corrected chi connectivity index (χ1v) is 4.22. The fourth-order valence-corrected chi connectivity index (χ4v) is 1.52. The van der Waals surface area contributed by atoms with Gasteiger partial charge in [0.15, 0.2) is 5.82 Å². The van der Waals surface area contributed by atoms with E-state index in [-0.39, 0.29) is 11.8 Å². The summed E-state index contributed by atoms with van der Waals surface area (Å²) in [7, 11) is 1.77. The molecular formula is C8H12N4O. The van der Waals surface area contributed by atoms with Gasteiger partial charge in [-0.25, -0.2) is 0 Å². The number of amides is 1. The molecule has 0 aromatic carbocycles. The molecule has 0 radical (unpaired) electrons. The van der Waals surface area contributed by atoms with Crippen LogP contribution >= 0.6 is 0 Å². The van der Waals surface area contributed by atoms with Crippen LogP contribution in [0, 0.1) is 5.92 Å². The molecule has 0 bridgehead atoms. The van der Waals surface area contributed by atoms with Crippen LogP contribution in [0.5, 0.6) is 0 Å². The van der Waals surface area contributed by atoms with Crippen molar-refractivity contribution in [2.45, 2.75) is 13.3 Å². The topological polar surface area (TPSA) is 72.9 Å². The SMILES string of the molecule is CC1Cc2c(nn(C)c2N)NC1=O. The van der Waals surface area contributed by atoms with E-state index in [2.05, 4.69) is 10.4 Å². The Morgan fingerprint density at radius 3 is 3.08 bits per heavy atom. The minimum Gasteiger partial charge on any atom is -0.384 e. The number of nitrogens with two attached hydrogens (primary N) is 1. The van der Waals surface area contributed by atoms with E-state index in [0.717, 1.165) is 5.56 Å². The van der Waals surface area contributed by atoms with E-state index in [4.69, 9.17) is 5.73 Å². The van der Waals surface area contributed by atoms with Crippen LogP contribution in [0.1, 0.15) is 12.5 Å². The van der Waals surface area contributed by atoms with Crippen LogP contribution in [0.15, 0.2) is 0 Å². The largest absolute Gasteiger partial charge is 0.384 e. The molecule has 1 aliphatic rings. The van der Waals surface area contributed by atoms with Crippen LogP contribution in [0.2, 0.25) is 0 Å². The van der Waals surface area contributed by atoms with Crippen LogP contribution in [-0.4, -0.2) is 15.7 Å². The number of fused-ring (bicyclic) bond motifs is 1. The third-order valence-electron chi connectivity index (χ3n) is 2.39. The Kier molecular flexibility index (Phi) is 1.55. The molecule has 0 spiro atoms. The van der Waals surface area contributed by atoms with E-state index in [9.17, 15) is 4.79 Å². The summed E-state index contributed by atoms with van der Waals surface area (Å²) < 4.78 is 1.59. The van der Waals surface area contributed by atoms with Crippen LogP contribution in [-0.2, 0) is 18.3 Å². The molecule has 0 saturated heterocycles. The summed E-state index contributed by atoms with van der Waals surface area (Å²) in [6, 6.07) is 0. The summed E-state index contributed by atoms with van der Waals surface area (Å²) in [6.45, 7) is 1.88. The van der Waals surface area contributed by atoms with Gasteiger partial charge in [0.2, 0.25) is 5.91 Å². The molecule has 5 nitrogen and oxygen atoms in total. The second kappa shape index (κ2) is 2.48. The quantitative estimate of drug-likeness (QED) is 0.596. The number of anilines is 2. The van der Waals surface area contributed by atoms with Gasteiger partial charge in [-0.15, -0.1) is 0 Å². The molecule has 1 atom stereocenters. The molecule has 2 heterocycles. The van der Waals surface area contributed by atoms with E-state index in [1.54, 1.807) is 11.7 Å². The van der Waals surface area contributed by atoms with Crippen molar-refractivity contribution >= 4 is 17.5 Å². The standard InChI is InChI=1S/C8H12N4O/c1-4-3-5-6(9)12(2)11-7(5)10-8(4)13/h4H,3,9H2,1-2H3,(H,10,11,13). The third-order valence-corrected chi connectivity index (χ3v) is 2.39. The third kappa shape index (κ3) is 1.07. The Labute approximate surface area is 75.9 Å². The van der Waals surface area contributed by atoms with Crippen LogP contribution in [0.4, 0.5) is 11.6 Å². The maximum absolute atomic E-state index is 11.3. The Balaban J connectivity index is 2.48. The van der Waals surface area contributed by atoms with Crippen LogP contribution in [0.3, 0.4) is 0 Å². The second-order valence-electron chi connectivity index (χ2n) is 3.43. The van der Waals surface area contributed by atoms with Gasteiger partial charge in [-0.3, -0.25) is 9.48 Å². The molecule has 0 aliphatic carbocycles. The zero-order chi connectivity index (χ0) is 9.59. The minimum atomic E-state index is -0.0148. The van der Waals surface area contributed by atoms with Crippen LogP contribution < -0.4 is 11.1 Å². The summed E-state index contributed by atoms with van der Waals surface area (Å²) in [6.07, 6.45) is 0.681. The summed E-state index contributed by atoms with van der Waals surface area (Å²) in [4.78, 5) is 11.3. The minimum absolute atomic E-state index is 0.0148. The lowest BCUT2D eigenvalue weighted by Gasteiger charge is -2.17. The highest BCUT2D eigenvalue weighted by molar-refractivity contribution is 5.95. The number of carbonyl (C=O) groups excluding carboxylic acids is 1. The van der Waals surface area contributed by atoms with Gasteiger partial charge < -0.3 is 11.1 Å². The smallest absolute Gasteiger partial charge is 0.228 e. The molecule has 1 aromatic rings. The highest BCUT2D eigenvalue weighted by Gasteiger charge is 2.27. The van der Waals surface area contributed by atoms with Gasteiger partial charge in [0, 0.05) is 18.5 Å². The van der Waals surface area contributed by atoms with E-state index < -0.39 is 0 Å². The van der Waals surface area contributed by atoms with Crippen molar-refractivity contribution < 1.29 is 4.79 Å². The van der Waals surface area contributed by atoms with E-state index in [1.165, 1.54) is 0 Å². The first kappa shape index (κ1) is 8.10. The predicted octanol–water partition coefficient (Wildman–Crippen LogP) is 0.133. The van der Waals surface area contributed by atoms with Crippen molar-refractivity contribution in [2.24, 2.45) is 13.0 Å². The highest BCUT2D eigenvalue weighted by atomic mass is 16.2. The van der Waals surface area contributed by atoms with Crippen molar-refractivity contribution in [3.05, 3.63) is 5.56 Å². The Morgan fingerprint density at radius 2 is 2.38 bits per heavy atom. The predicted molar refractivity (Wildman–Crippen MR) is 49.1 cm³/mol. The number of nitrogen functional groups attached to an aromatic ring is 1. The number of carbonyl (C=O) groups is 1. The first-order chi connectivity index (χ1) is 6.09. The number of rotatable bonds is 0. The van der Waals surface area contributed by atoms with Gasteiger partial charge in [-0.1, -0.05) is 6.92 Å². The second-order valence-corrected chi connectivity index (χ2v) is 3.43. The van der Waals surface area contributed by atoms with Gasteiger partial charge in [0.25, 0.3) is 0 Å². The molecule has 5 heteroatoms. The number of nitrogens with one attached hydrogen (secondary N) is 1. The first-order valence-electron chi connectivity index (χ1n) is 4.22. The fourth-order valence-electron chi connectivity index (χ4n) is 1.52. The van der Waals surface area contributed by atoms with Crippen molar-refractivity contribution in [1.82, 2.24) is 9.78 Å². The number of hydrogen-bond donors (Lipinski definition) is 2. The molecule has 3 N–H and O–H groups in total. The summed E-state index contributed by atoms with van der Waals surface area (Å²) in [5.74, 6) is 1.26. The van der Waals surface area contributed by atoms with Gasteiger partial charge in [0.1, 0.15) is 5.82 Å². The molecule has 70 valence electrons. The lowest BCUT2D eigenvalue weighted by molar-refractivity contribution is -0.119. The molecule has 0 fully saturated rings. The average molecular weight is 180 g/mol. The van der Waals surface area contributed by atoms with E-state index >= 15 is 0 Å². The van der Waals surface area contributed by atoms with Crippen LogP contribution in [0.25, 0.3) is 0 Å². The van der Waals surface area contributed by atoms with Gasteiger partial charge in [0.05, 0.1) is 0 Å². The Hall–Kier alpha value is -1.52. The van der Waals surface area contributed by atoms with Crippen molar-refractivity contribution in [2.75, 3.05) is 11.1 Å². The number of aryl methyl sites for hydroxylation is 1. The van der Waals surface area contributed by atoms with Crippen molar-refractivity contribution in [3.8, 4) is 0 Å². The van der Waals surface area contributed by atoms with E-state index in [1.807, 2.05) is 6.92 Å². The summed E-state index contributed by atoms with van der Waals surface area (Å²) in [5.41, 5.74) is 6.73. The molecule has 13 heavy (non-hydrogen) atoms. The number of hydrogen-bond acceptors (Lipinski definition) is 3. The molecule has 1 aliphatic heterocycles. The lowest BCUT2D eigenvalue weighted by Crippen LogP contribution is -2.27. The summed E-state index contributed by atoms with van der Waals surface area (Å²) >= 11 is 0. The highest BCUT2D eigenvalue weighted by Crippen LogP contribution is 2.28. The molecule has 2 rings (SSSR count). The average Bonchev–Trinajstić information content (AvgIpc) is 2.32. The zero-order valence-corrected chi connectivity index (χ0v) is 7.66. The Morgan fingerprint density at radius 1 is 1.69 bits per heavy atom. The van der Waals surface area contributed by atoms with Crippen molar-refractivity contribution in [1.29, 1.82) is 0 Å². The maximum atomic E-state index is 11.3.